The molecule has 0 atom stereocenters. The molecule has 1 radical (unpaired) electrons. The molecule has 0 aromatic carbocycles. The minimum Gasteiger partial charge on any atom is -0.463 e. The van der Waals surface area contributed by atoms with E-state index in [0.717, 1.165) is 25.7 Å². The maximum Gasteiger partial charge on any atom is 0.331 e. The number of rotatable bonds is 30. The van der Waals surface area contributed by atoms with E-state index in [2.05, 4.69) is 13.8 Å². The Kier molecular flexibility index (Phi) is 37.4. The van der Waals surface area contributed by atoms with E-state index in [1.54, 1.807) is 0 Å². The van der Waals surface area contributed by atoms with Crippen LogP contribution in [0.3, 0.4) is 0 Å². The zero-order valence-electron chi connectivity index (χ0n) is 26.6. The molecule has 0 aromatic heterocycles. The number of esters is 2. The van der Waals surface area contributed by atoms with Gasteiger partial charge in [-0.05, 0) is 12.8 Å². The van der Waals surface area contributed by atoms with Crippen LogP contribution < -0.4 is 0 Å². The third-order valence-corrected chi connectivity index (χ3v) is 7.34. The van der Waals surface area contributed by atoms with Crippen molar-refractivity contribution in [3.05, 3.63) is 12.2 Å². The average Bonchev–Trinajstić information content (AvgIpc) is 2.92. The van der Waals surface area contributed by atoms with Gasteiger partial charge in [0.15, 0.2) is 0 Å². The predicted molar refractivity (Wildman–Crippen MR) is 168 cm³/mol. The molecule has 4 nitrogen and oxygen atoms in total. The van der Waals surface area contributed by atoms with Gasteiger partial charge in [-0.2, -0.15) is 0 Å². The fourth-order valence-corrected chi connectivity index (χ4v) is 4.82. The molecule has 0 unspecified atom stereocenters. The van der Waals surface area contributed by atoms with E-state index < -0.39 is 11.9 Å². The summed E-state index contributed by atoms with van der Waals surface area (Å²) >= 11 is 0. The second-order valence-electron chi connectivity index (χ2n) is 11.2. The molecular weight excluding hydrogens is 495 g/mol. The van der Waals surface area contributed by atoms with Crippen LogP contribution in [0.2, 0.25) is 0 Å². The van der Waals surface area contributed by atoms with Gasteiger partial charge in [0.1, 0.15) is 0 Å². The maximum atomic E-state index is 11.8. The largest absolute Gasteiger partial charge is 0.463 e. The van der Waals surface area contributed by atoms with Crippen molar-refractivity contribution in [1.29, 1.82) is 0 Å². The Morgan fingerprint density at radius 3 is 0.821 bits per heavy atom. The summed E-state index contributed by atoms with van der Waals surface area (Å²) in [6, 6.07) is 0. The van der Waals surface area contributed by atoms with Gasteiger partial charge in [0, 0.05) is 41.7 Å². The first kappa shape index (κ1) is 40.8. The van der Waals surface area contributed by atoms with Crippen LogP contribution in [0.15, 0.2) is 12.2 Å². The Morgan fingerprint density at radius 2 is 0.590 bits per heavy atom. The van der Waals surface area contributed by atoms with Crippen LogP contribution in [0.5, 0.6) is 0 Å². The van der Waals surface area contributed by atoms with E-state index >= 15 is 0 Å². The molecule has 0 aliphatic heterocycles. The molecular formula is C34H64NaO4. The Bertz CT molecular complexity index is 535. The second-order valence-corrected chi connectivity index (χ2v) is 11.2. The summed E-state index contributed by atoms with van der Waals surface area (Å²) in [4.78, 5) is 23.5. The maximum absolute atomic E-state index is 11.8. The Labute approximate surface area is 265 Å². The minimum absolute atomic E-state index is 0. The predicted octanol–water partition coefficient (Wildman–Crippen LogP) is 10.4. The van der Waals surface area contributed by atoms with Gasteiger partial charge in [-0.25, -0.2) is 9.59 Å². The third kappa shape index (κ3) is 35.7. The van der Waals surface area contributed by atoms with Crippen LogP contribution in [-0.4, -0.2) is 54.7 Å². The summed E-state index contributed by atoms with van der Waals surface area (Å²) in [6.45, 7) is 5.37. The van der Waals surface area contributed by atoms with Crippen molar-refractivity contribution in [2.45, 2.75) is 181 Å². The average molecular weight is 560 g/mol. The van der Waals surface area contributed by atoms with Crippen molar-refractivity contribution in [3.63, 3.8) is 0 Å². The van der Waals surface area contributed by atoms with Crippen molar-refractivity contribution in [2.24, 2.45) is 0 Å². The summed E-state index contributed by atoms with van der Waals surface area (Å²) in [6.07, 6.45) is 36.0. The van der Waals surface area contributed by atoms with Gasteiger partial charge in [0.25, 0.3) is 0 Å². The first-order valence-corrected chi connectivity index (χ1v) is 16.7. The van der Waals surface area contributed by atoms with E-state index in [-0.39, 0.29) is 29.6 Å². The van der Waals surface area contributed by atoms with Crippen LogP contribution in [0.4, 0.5) is 0 Å². The van der Waals surface area contributed by atoms with Gasteiger partial charge >= 0.3 is 11.9 Å². The first-order chi connectivity index (χ1) is 18.7. The van der Waals surface area contributed by atoms with Crippen molar-refractivity contribution < 1.29 is 19.1 Å². The smallest absolute Gasteiger partial charge is 0.331 e. The van der Waals surface area contributed by atoms with Gasteiger partial charge in [0.2, 0.25) is 0 Å². The Morgan fingerprint density at radius 1 is 0.385 bits per heavy atom. The molecule has 0 N–H and O–H groups in total. The van der Waals surface area contributed by atoms with Crippen LogP contribution in [-0.2, 0) is 19.1 Å². The van der Waals surface area contributed by atoms with E-state index in [4.69, 9.17) is 9.47 Å². The molecule has 5 heteroatoms. The van der Waals surface area contributed by atoms with Crippen molar-refractivity contribution in [2.75, 3.05) is 13.2 Å². The summed E-state index contributed by atoms with van der Waals surface area (Å²) < 4.78 is 10.4. The number of carbonyl (C=O) groups is 2. The molecule has 0 spiro atoms. The molecule has 0 amide bonds. The Balaban J connectivity index is 0. The van der Waals surface area contributed by atoms with Gasteiger partial charge in [-0.3, -0.25) is 0 Å². The zero-order valence-corrected chi connectivity index (χ0v) is 28.6. The summed E-state index contributed by atoms with van der Waals surface area (Å²) in [5.74, 6) is -0.915. The summed E-state index contributed by atoms with van der Waals surface area (Å²) in [5, 5.41) is 0. The number of hydrogen-bond donors (Lipinski definition) is 0. The number of hydrogen-bond acceptors (Lipinski definition) is 4. The molecule has 225 valence electrons. The quantitative estimate of drug-likeness (QED) is 0.0380. The molecule has 0 fully saturated rings. The van der Waals surface area contributed by atoms with Crippen molar-refractivity contribution >= 4 is 41.5 Å². The van der Waals surface area contributed by atoms with Gasteiger partial charge in [0.05, 0.1) is 13.2 Å². The molecule has 0 bridgehead atoms. The minimum atomic E-state index is -0.458. The first-order valence-electron chi connectivity index (χ1n) is 16.7. The normalized spacial score (nSPS) is 11.0. The SMILES string of the molecule is CCCCCCCCCCCCCCCCCCOC(=O)/C=C/C(=O)OCCCCCCCCCCCC.[Na]. The van der Waals surface area contributed by atoms with E-state index in [0.29, 0.717) is 13.2 Å². The van der Waals surface area contributed by atoms with Crippen molar-refractivity contribution in [3.8, 4) is 0 Å². The molecule has 0 saturated carbocycles. The van der Waals surface area contributed by atoms with Gasteiger partial charge in [-0.1, -0.05) is 168 Å². The molecule has 0 heterocycles. The van der Waals surface area contributed by atoms with Crippen LogP contribution in [0, 0.1) is 0 Å². The fourth-order valence-electron chi connectivity index (χ4n) is 4.82. The molecule has 0 aliphatic carbocycles. The monoisotopic (exact) mass is 559 g/mol. The van der Waals surface area contributed by atoms with E-state index in [9.17, 15) is 9.59 Å². The number of unbranched alkanes of at least 4 members (excludes halogenated alkanes) is 24. The summed E-state index contributed by atoms with van der Waals surface area (Å²) in [5.41, 5.74) is 0. The molecule has 0 aliphatic rings. The summed E-state index contributed by atoms with van der Waals surface area (Å²) in [7, 11) is 0. The van der Waals surface area contributed by atoms with Crippen LogP contribution in [0.1, 0.15) is 181 Å². The number of carbonyl (C=O) groups excluding carboxylic acids is 2. The standard InChI is InChI=1S/C34H64O4.Na/c1-3-5-7-9-11-13-15-16-17-18-19-20-22-24-26-28-32-38-34(36)30-29-33(35)37-31-27-25-23-21-14-12-10-8-6-4-2;/h29-30H,3-28,31-32H2,1-2H3;/b30-29+;. The zero-order chi connectivity index (χ0) is 27.8. The molecule has 0 saturated heterocycles. The Hall–Kier alpha value is -0.320. The van der Waals surface area contributed by atoms with E-state index in [1.807, 2.05) is 0 Å². The fraction of sp³-hybridized carbons (Fsp3) is 0.882. The van der Waals surface area contributed by atoms with Crippen LogP contribution in [0.25, 0.3) is 0 Å². The molecule has 0 aromatic rings. The third-order valence-electron chi connectivity index (χ3n) is 7.34. The topological polar surface area (TPSA) is 52.6 Å². The molecule has 0 rings (SSSR count). The van der Waals surface area contributed by atoms with Gasteiger partial charge < -0.3 is 9.47 Å². The van der Waals surface area contributed by atoms with Crippen molar-refractivity contribution in [1.82, 2.24) is 0 Å². The van der Waals surface area contributed by atoms with Gasteiger partial charge in [-0.15, -0.1) is 0 Å². The van der Waals surface area contributed by atoms with Crippen LogP contribution >= 0.6 is 0 Å². The van der Waals surface area contributed by atoms with E-state index in [1.165, 1.54) is 153 Å². The molecule has 39 heavy (non-hydrogen) atoms. The number of ether oxygens (including phenoxy) is 2. The second kappa shape index (κ2) is 35.7.